The fourth-order valence-corrected chi connectivity index (χ4v) is 3.61. The molecule has 0 aliphatic heterocycles. The Morgan fingerprint density at radius 3 is 2.55 bits per heavy atom. The van der Waals surface area contributed by atoms with Gasteiger partial charge in [-0.3, -0.25) is 0 Å². The van der Waals surface area contributed by atoms with Gasteiger partial charge in [0.05, 0.1) is 11.3 Å². The van der Waals surface area contributed by atoms with Gasteiger partial charge in [0.1, 0.15) is 12.4 Å². The van der Waals surface area contributed by atoms with Gasteiger partial charge in [-0.25, -0.2) is 4.79 Å². The number of hydrogen-bond acceptors (Lipinski definition) is 5. The zero-order valence-electron chi connectivity index (χ0n) is 16.0. The Hall–Kier alpha value is -2.75. The van der Waals surface area contributed by atoms with E-state index < -0.39 is 17.4 Å². The van der Waals surface area contributed by atoms with E-state index in [2.05, 4.69) is 10.4 Å². The first-order valence-corrected chi connectivity index (χ1v) is 9.75. The second kappa shape index (κ2) is 8.32. The monoisotopic (exact) mass is 424 g/mol. The van der Waals surface area contributed by atoms with Crippen molar-refractivity contribution < 1.29 is 17.9 Å². The van der Waals surface area contributed by atoms with Crippen LogP contribution in [-0.4, -0.2) is 25.5 Å². The van der Waals surface area contributed by atoms with E-state index in [1.54, 1.807) is 19.1 Å². The SMILES string of the molecule is CCSc1cccc(-n2nnn(C)c2=O)c1COc1cc(C)ccc1C(F)(F)F. The van der Waals surface area contributed by atoms with Crippen molar-refractivity contribution in [2.45, 2.75) is 31.5 Å². The van der Waals surface area contributed by atoms with Crippen LogP contribution in [0.5, 0.6) is 5.75 Å². The molecular formula is C19H19F3N4O2S. The molecule has 0 spiro atoms. The predicted octanol–water partition coefficient (Wildman–Crippen LogP) is 3.98. The maximum atomic E-state index is 13.4. The van der Waals surface area contributed by atoms with Gasteiger partial charge in [0.15, 0.2) is 0 Å². The highest BCUT2D eigenvalue weighted by molar-refractivity contribution is 7.99. The first-order chi connectivity index (χ1) is 13.7. The standard InChI is InChI=1S/C19H19F3N4O2S/c1-4-29-17-7-5-6-15(26-18(27)25(3)23-24-26)13(17)11-28-16-10-12(2)8-9-14(16)19(20,21)22/h5-10H,4,11H2,1-3H3. The van der Waals surface area contributed by atoms with Crippen molar-refractivity contribution in [3.63, 3.8) is 0 Å². The molecule has 10 heteroatoms. The quantitative estimate of drug-likeness (QED) is 0.560. The number of aryl methyl sites for hydroxylation is 2. The molecule has 0 N–H and O–H groups in total. The lowest BCUT2D eigenvalue weighted by Gasteiger charge is -2.17. The van der Waals surface area contributed by atoms with Gasteiger partial charge in [0.25, 0.3) is 0 Å². The van der Waals surface area contributed by atoms with E-state index in [-0.39, 0.29) is 12.4 Å². The number of halogens is 3. The highest BCUT2D eigenvalue weighted by Crippen LogP contribution is 2.37. The molecule has 1 heterocycles. The number of ether oxygens (including phenoxy) is 1. The molecule has 0 saturated carbocycles. The van der Waals surface area contributed by atoms with Crippen LogP contribution in [0.1, 0.15) is 23.6 Å². The molecule has 0 bridgehead atoms. The molecule has 0 amide bonds. The Labute approximate surface area is 169 Å². The number of benzene rings is 2. The van der Waals surface area contributed by atoms with Crippen molar-refractivity contribution in [1.29, 1.82) is 0 Å². The van der Waals surface area contributed by atoms with Crippen LogP contribution < -0.4 is 10.4 Å². The fraction of sp³-hybridized carbons (Fsp3) is 0.316. The number of rotatable bonds is 6. The molecule has 0 radical (unpaired) electrons. The number of alkyl halides is 3. The van der Waals surface area contributed by atoms with Crippen LogP contribution in [0.3, 0.4) is 0 Å². The van der Waals surface area contributed by atoms with Crippen LogP contribution in [0, 0.1) is 6.92 Å². The molecule has 6 nitrogen and oxygen atoms in total. The number of aromatic nitrogens is 4. The predicted molar refractivity (Wildman–Crippen MR) is 104 cm³/mol. The number of tetrazole rings is 1. The fourth-order valence-electron chi connectivity index (χ4n) is 2.79. The van der Waals surface area contributed by atoms with E-state index in [1.807, 2.05) is 13.0 Å². The molecule has 29 heavy (non-hydrogen) atoms. The first-order valence-electron chi connectivity index (χ1n) is 8.77. The Morgan fingerprint density at radius 1 is 1.17 bits per heavy atom. The zero-order valence-corrected chi connectivity index (χ0v) is 16.8. The number of hydrogen-bond donors (Lipinski definition) is 0. The third-order valence-corrected chi connectivity index (χ3v) is 5.15. The highest BCUT2D eigenvalue weighted by atomic mass is 32.2. The summed E-state index contributed by atoms with van der Waals surface area (Å²) in [5.74, 6) is 0.482. The van der Waals surface area contributed by atoms with Crippen LogP contribution in [0.2, 0.25) is 0 Å². The molecule has 3 aromatic rings. The molecule has 0 unspecified atom stereocenters. The lowest BCUT2D eigenvalue weighted by molar-refractivity contribution is -0.139. The molecular weight excluding hydrogens is 405 g/mol. The first kappa shape index (κ1) is 21.0. The Balaban J connectivity index is 2.05. The van der Waals surface area contributed by atoms with Crippen molar-refractivity contribution in [3.8, 4) is 11.4 Å². The molecule has 0 saturated heterocycles. The van der Waals surface area contributed by atoms with E-state index in [9.17, 15) is 18.0 Å². The second-order valence-electron chi connectivity index (χ2n) is 6.27. The number of nitrogens with zero attached hydrogens (tertiary/aromatic N) is 4. The van der Waals surface area contributed by atoms with Gasteiger partial charge < -0.3 is 4.74 Å². The minimum Gasteiger partial charge on any atom is -0.488 e. The van der Waals surface area contributed by atoms with Gasteiger partial charge in [0, 0.05) is 17.5 Å². The third-order valence-electron chi connectivity index (χ3n) is 4.17. The van der Waals surface area contributed by atoms with E-state index in [4.69, 9.17) is 4.74 Å². The molecule has 0 fully saturated rings. The number of thioether (sulfide) groups is 1. The summed E-state index contributed by atoms with van der Waals surface area (Å²) < 4.78 is 47.9. The lowest BCUT2D eigenvalue weighted by Crippen LogP contribution is -2.23. The smallest absolute Gasteiger partial charge is 0.419 e. The second-order valence-corrected chi connectivity index (χ2v) is 7.58. The maximum Gasteiger partial charge on any atom is 0.419 e. The zero-order chi connectivity index (χ0) is 21.2. The van der Waals surface area contributed by atoms with E-state index in [0.29, 0.717) is 16.8 Å². The van der Waals surface area contributed by atoms with Gasteiger partial charge in [-0.1, -0.05) is 19.1 Å². The lowest BCUT2D eigenvalue weighted by atomic mass is 10.1. The molecule has 3 rings (SSSR count). The van der Waals surface area contributed by atoms with Gasteiger partial charge in [-0.2, -0.15) is 22.5 Å². The van der Waals surface area contributed by atoms with Crippen molar-refractivity contribution in [3.05, 3.63) is 63.6 Å². The van der Waals surface area contributed by atoms with E-state index >= 15 is 0 Å². The summed E-state index contributed by atoms with van der Waals surface area (Å²) in [5.41, 5.74) is 0.326. The van der Waals surface area contributed by atoms with Crippen LogP contribution in [0.15, 0.2) is 46.1 Å². The Morgan fingerprint density at radius 2 is 1.93 bits per heavy atom. The van der Waals surface area contributed by atoms with Gasteiger partial charge in [0.2, 0.25) is 0 Å². The largest absolute Gasteiger partial charge is 0.488 e. The average Bonchev–Trinajstić information content (AvgIpc) is 2.98. The van der Waals surface area contributed by atoms with Crippen molar-refractivity contribution in [2.75, 3.05) is 5.75 Å². The molecule has 154 valence electrons. The summed E-state index contributed by atoms with van der Waals surface area (Å²) in [4.78, 5) is 13.1. The van der Waals surface area contributed by atoms with Gasteiger partial charge in [-0.05, 0) is 52.9 Å². The minimum absolute atomic E-state index is 0.159. The minimum atomic E-state index is -4.54. The molecule has 1 aromatic heterocycles. The molecule has 2 aromatic carbocycles. The van der Waals surface area contributed by atoms with Gasteiger partial charge in [-0.15, -0.1) is 11.8 Å². The van der Waals surface area contributed by atoms with Crippen LogP contribution in [0.4, 0.5) is 13.2 Å². The summed E-state index contributed by atoms with van der Waals surface area (Å²) in [6.07, 6.45) is -4.54. The van der Waals surface area contributed by atoms with Crippen LogP contribution in [0.25, 0.3) is 5.69 Å². The normalized spacial score (nSPS) is 11.7. The summed E-state index contributed by atoms with van der Waals surface area (Å²) in [5, 5.41) is 7.55. The Bertz CT molecular complexity index is 1080. The average molecular weight is 424 g/mol. The summed E-state index contributed by atoms with van der Waals surface area (Å²) in [7, 11) is 1.47. The van der Waals surface area contributed by atoms with Crippen LogP contribution >= 0.6 is 11.8 Å². The van der Waals surface area contributed by atoms with Crippen molar-refractivity contribution in [2.24, 2.45) is 7.05 Å². The third kappa shape index (κ3) is 4.47. The Kier molecular flexibility index (Phi) is 6.02. The van der Waals surface area contributed by atoms with Gasteiger partial charge >= 0.3 is 11.9 Å². The topological polar surface area (TPSA) is 61.9 Å². The van der Waals surface area contributed by atoms with E-state index in [1.165, 1.54) is 30.9 Å². The van der Waals surface area contributed by atoms with Crippen LogP contribution in [-0.2, 0) is 19.8 Å². The summed E-state index contributed by atoms with van der Waals surface area (Å²) in [6, 6.07) is 9.00. The summed E-state index contributed by atoms with van der Waals surface area (Å²) >= 11 is 1.50. The maximum absolute atomic E-state index is 13.4. The van der Waals surface area contributed by atoms with E-state index in [0.717, 1.165) is 26.1 Å². The summed E-state index contributed by atoms with van der Waals surface area (Å²) in [6.45, 7) is 3.49. The highest BCUT2D eigenvalue weighted by Gasteiger charge is 2.34. The molecule has 0 aliphatic rings. The van der Waals surface area contributed by atoms with Crippen molar-refractivity contribution in [1.82, 2.24) is 19.8 Å². The van der Waals surface area contributed by atoms with Crippen molar-refractivity contribution >= 4 is 11.8 Å². The molecule has 0 aliphatic carbocycles. The molecule has 0 atom stereocenters.